The van der Waals surface area contributed by atoms with Crippen molar-refractivity contribution in [2.45, 2.75) is 20.3 Å². The van der Waals surface area contributed by atoms with Crippen molar-refractivity contribution in [3.8, 4) is 0 Å². The quantitative estimate of drug-likeness (QED) is 0.654. The van der Waals surface area contributed by atoms with Gasteiger partial charge in [-0.1, -0.05) is 25.2 Å². The van der Waals surface area contributed by atoms with E-state index in [0.29, 0.717) is 0 Å². The van der Waals surface area contributed by atoms with E-state index in [-0.39, 0.29) is 6.61 Å². The molecule has 3 heteroatoms. The molecule has 0 aromatic heterocycles. The molecule has 3 nitrogen and oxygen atoms in total. The van der Waals surface area contributed by atoms with E-state index >= 15 is 0 Å². The molecule has 0 aliphatic carbocycles. The molecule has 68 valence electrons. The summed E-state index contributed by atoms with van der Waals surface area (Å²) in [6.45, 7) is 4.20. The van der Waals surface area contributed by atoms with Gasteiger partial charge in [-0.2, -0.15) is 0 Å². The highest BCUT2D eigenvalue weighted by Crippen LogP contribution is 1.94. The van der Waals surface area contributed by atoms with Gasteiger partial charge < -0.3 is 10.5 Å². The van der Waals surface area contributed by atoms with E-state index in [0.717, 1.165) is 12.0 Å². The van der Waals surface area contributed by atoms with Crippen molar-refractivity contribution in [3.05, 3.63) is 23.8 Å². The predicted octanol–water partition coefficient (Wildman–Crippen LogP) is 1.99. The van der Waals surface area contributed by atoms with Crippen LogP contribution in [0, 0.1) is 0 Å². The summed E-state index contributed by atoms with van der Waals surface area (Å²) in [5, 5.41) is 0. The summed E-state index contributed by atoms with van der Waals surface area (Å²) in [5.74, 6) is 0. The van der Waals surface area contributed by atoms with Crippen molar-refractivity contribution in [1.82, 2.24) is 0 Å². The smallest absolute Gasteiger partial charge is 0.404 e. The first-order chi connectivity index (χ1) is 5.66. The number of hydrogen-bond acceptors (Lipinski definition) is 2. The van der Waals surface area contributed by atoms with Gasteiger partial charge in [0.25, 0.3) is 0 Å². The van der Waals surface area contributed by atoms with Gasteiger partial charge in [0.05, 0.1) is 0 Å². The molecule has 0 saturated heterocycles. The number of carbonyl (C=O) groups excluding carboxylic acids is 1. The zero-order chi connectivity index (χ0) is 9.40. The van der Waals surface area contributed by atoms with Crippen molar-refractivity contribution in [3.63, 3.8) is 0 Å². The highest BCUT2D eigenvalue weighted by molar-refractivity contribution is 5.64. The van der Waals surface area contributed by atoms with Crippen LogP contribution in [-0.2, 0) is 4.74 Å². The summed E-state index contributed by atoms with van der Waals surface area (Å²) < 4.78 is 4.57. The van der Waals surface area contributed by atoms with Crippen LogP contribution in [0.2, 0.25) is 0 Å². The Bertz CT molecular complexity index is 195. The van der Waals surface area contributed by atoms with Gasteiger partial charge in [-0.25, -0.2) is 4.79 Å². The first-order valence-electron chi connectivity index (χ1n) is 3.91. The Balaban J connectivity index is 3.70. The highest BCUT2D eigenvalue weighted by atomic mass is 16.5. The Morgan fingerprint density at radius 3 is 2.75 bits per heavy atom. The molecule has 0 atom stereocenters. The monoisotopic (exact) mass is 169 g/mol. The summed E-state index contributed by atoms with van der Waals surface area (Å²) >= 11 is 0. The summed E-state index contributed by atoms with van der Waals surface area (Å²) in [6.07, 6.45) is 6.11. The van der Waals surface area contributed by atoms with Crippen LogP contribution in [0.5, 0.6) is 0 Å². The number of nitrogens with two attached hydrogens (primary N) is 1. The number of carbonyl (C=O) groups is 1. The van der Waals surface area contributed by atoms with Gasteiger partial charge in [-0.3, -0.25) is 0 Å². The minimum Gasteiger partial charge on any atom is -0.445 e. The second-order valence-electron chi connectivity index (χ2n) is 2.46. The van der Waals surface area contributed by atoms with Crippen molar-refractivity contribution in [2.24, 2.45) is 5.73 Å². The minimum atomic E-state index is -0.734. The second-order valence-corrected chi connectivity index (χ2v) is 2.46. The molecule has 0 aliphatic rings. The third-order valence-electron chi connectivity index (χ3n) is 1.19. The van der Waals surface area contributed by atoms with Gasteiger partial charge in [0.15, 0.2) is 0 Å². The molecule has 1 amide bonds. The van der Waals surface area contributed by atoms with Crippen molar-refractivity contribution >= 4 is 6.09 Å². The molecular formula is C9H15NO2. The first-order valence-corrected chi connectivity index (χ1v) is 3.91. The van der Waals surface area contributed by atoms with E-state index < -0.39 is 6.09 Å². The van der Waals surface area contributed by atoms with Crippen LogP contribution in [0.1, 0.15) is 20.3 Å². The molecule has 0 saturated carbocycles. The van der Waals surface area contributed by atoms with Crippen molar-refractivity contribution in [1.29, 1.82) is 0 Å². The van der Waals surface area contributed by atoms with Crippen molar-refractivity contribution < 1.29 is 9.53 Å². The minimum absolute atomic E-state index is 0.267. The lowest BCUT2D eigenvalue weighted by atomic mass is 10.3. The molecule has 0 fully saturated rings. The number of allylic oxidation sites excluding steroid dienone is 3. The lowest BCUT2D eigenvalue weighted by Crippen LogP contribution is -2.14. The Morgan fingerprint density at radius 2 is 2.25 bits per heavy atom. The van der Waals surface area contributed by atoms with Gasteiger partial charge in [-0.05, 0) is 18.9 Å². The Morgan fingerprint density at radius 1 is 1.58 bits per heavy atom. The number of primary amides is 1. The normalized spacial score (nSPS) is 12.0. The summed E-state index contributed by atoms with van der Waals surface area (Å²) in [5.41, 5.74) is 5.76. The molecule has 0 unspecified atom stereocenters. The van der Waals surface area contributed by atoms with Crippen LogP contribution in [0.4, 0.5) is 4.79 Å². The Kier molecular flexibility index (Phi) is 5.79. The van der Waals surface area contributed by atoms with Crippen LogP contribution in [0.3, 0.4) is 0 Å². The lowest BCUT2D eigenvalue weighted by molar-refractivity contribution is 0.166. The highest BCUT2D eigenvalue weighted by Gasteiger charge is 1.92. The van der Waals surface area contributed by atoms with E-state index in [1.54, 1.807) is 0 Å². The zero-order valence-electron chi connectivity index (χ0n) is 7.54. The number of rotatable bonds is 4. The van der Waals surface area contributed by atoms with Gasteiger partial charge in [0.1, 0.15) is 6.61 Å². The molecule has 0 aromatic rings. The maximum absolute atomic E-state index is 10.2. The molecule has 0 radical (unpaired) electrons. The maximum Gasteiger partial charge on any atom is 0.404 e. The third-order valence-corrected chi connectivity index (χ3v) is 1.19. The maximum atomic E-state index is 10.2. The van der Waals surface area contributed by atoms with Crippen LogP contribution >= 0.6 is 0 Å². The Hall–Kier alpha value is -1.25. The van der Waals surface area contributed by atoms with Crippen LogP contribution < -0.4 is 5.73 Å². The predicted molar refractivity (Wildman–Crippen MR) is 48.7 cm³/mol. The van der Waals surface area contributed by atoms with Gasteiger partial charge in [0, 0.05) is 0 Å². The molecule has 0 aliphatic heterocycles. The van der Waals surface area contributed by atoms with E-state index in [4.69, 9.17) is 5.73 Å². The average molecular weight is 169 g/mol. The molecule has 0 rings (SSSR count). The molecule has 0 spiro atoms. The van der Waals surface area contributed by atoms with Gasteiger partial charge >= 0.3 is 6.09 Å². The van der Waals surface area contributed by atoms with E-state index in [1.165, 1.54) is 0 Å². The fourth-order valence-electron chi connectivity index (χ4n) is 0.601. The average Bonchev–Trinajstić information content (AvgIpc) is 2.01. The van der Waals surface area contributed by atoms with Crippen molar-refractivity contribution in [2.75, 3.05) is 6.61 Å². The fraction of sp³-hybridized carbons (Fsp3) is 0.444. The molecule has 0 bridgehead atoms. The van der Waals surface area contributed by atoms with Crippen LogP contribution in [0.25, 0.3) is 0 Å². The molecule has 2 N–H and O–H groups in total. The summed E-state index contributed by atoms with van der Waals surface area (Å²) in [7, 11) is 0. The zero-order valence-corrected chi connectivity index (χ0v) is 7.54. The molecular weight excluding hydrogens is 154 g/mol. The summed E-state index contributed by atoms with van der Waals surface area (Å²) in [6, 6.07) is 0. The lowest BCUT2D eigenvalue weighted by Gasteiger charge is -1.99. The number of amides is 1. The molecule has 0 aromatic carbocycles. The SMILES string of the molecule is CC/C=C\C=C(/C)COC(N)=O. The largest absolute Gasteiger partial charge is 0.445 e. The molecule has 12 heavy (non-hydrogen) atoms. The summed E-state index contributed by atoms with van der Waals surface area (Å²) in [4.78, 5) is 10.2. The number of hydrogen-bond donors (Lipinski definition) is 1. The van der Waals surface area contributed by atoms with E-state index in [2.05, 4.69) is 11.7 Å². The molecule has 0 heterocycles. The van der Waals surface area contributed by atoms with Crippen LogP contribution in [-0.4, -0.2) is 12.7 Å². The third kappa shape index (κ3) is 6.86. The van der Waals surface area contributed by atoms with Crippen LogP contribution in [0.15, 0.2) is 23.8 Å². The van der Waals surface area contributed by atoms with Gasteiger partial charge in [-0.15, -0.1) is 0 Å². The Labute approximate surface area is 72.9 Å². The fourth-order valence-corrected chi connectivity index (χ4v) is 0.601. The second kappa shape index (κ2) is 6.46. The first kappa shape index (κ1) is 10.8. The van der Waals surface area contributed by atoms with E-state index in [9.17, 15) is 4.79 Å². The van der Waals surface area contributed by atoms with Gasteiger partial charge in [0.2, 0.25) is 0 Å². The topological polar surface area (TPSA) is 52.3 Å². The standard InChI is InChI=1S/C9H15NO2/c1-3-4-5-6-8(2)7-12-9(10)11/h4-6H,3,7H2,1-2H3,(H2,10,11)/b5-4-,8-6+. The van der Waals surface area contributed by atoms with E-state index in [1.807, 2.05) is 25.2 Å². The number of ether oxygens (including phenoxy) is 1.